The van der Waals surface area contributed by atoms with Crippen LogP contribution in [0.15, 0.2) is 24.3 Å². The van der Waals surface area contributed by atoms with Gasteiger partial charge in [0.15, 0.2) is 24.5 Å². The molecule has 2 fully saturated rings. The minimum absolute atomic E-state index is 0.110. The Bertz CT molecular complexity index is 511. The molecule has 0 aromatic heterocycles. The van der Waals surface area contributed by atoms with E-state index < -0.39 is 5.82 Å². The second-order valence-electron chi connectivity index (χ2n) is 5.55. The molecule has 120 valence electrons. The molecule has 0 saturated carbocycles. The number of hydrogen-bond donors (Lipinski definition) is 0. The van der Waals surface area contributed by atoms with Crippen molar-refractivity contribution < 1.29 is 23.4 Å². The summed E-state index contributed by atoms with van der Waals surface area (Å²) in [6, 6.07) is 6.09. The van der Waals surface area contributed by atoms with Gasteiger partial charge in [-0.1, -0.05) is 12.1 Å². The van der Waals surface area contributed by atoms with E-state index in [0.29, 0.717) is 32.2 Å². The van der Waals surface area contributed by atoms with E-state index in [4.69, 9.17) is 14.2 Å². The van der Waals surface area contributed by atoms with Gasteiger partial charge >= 0.3 is 0 Å². The third-order valence-electron chi connectivity index (χ3n) is 4.11. The van der Waals surface area contributed by atoms with Crippen LogP contribution in [0.1, 0.15) is 12.8 Å². The number of nitrogens with zero attached hydrogens (tertiary/aromatic N) is 1. The Morgan fingerprint density at radius 2 is 1.91 bits per heavy atom. The topological polar surface area (TPSA) is 48.0 Å². The minimum Gasteiger partial charge on any atom is -0.481 e. The molecule has 0 unspecified atom stereocenters. The van der Waals surface area contributed by atoms with Crippen molar-refractivity contribution >= 4 is 5.91 Å². The van der Waals surface area contributed by atoms with Gasteiger partial charge in [0.05, 0.1) is 13.2 Å². The fraction of sp³-hybridized carbons (Fsp3) is 0.562. The van der Waals surface area contributed by atoms with Crippen molar-refractivity contribution in [1.29, 1.82) is 0 Å². The Balaban J connectivity index is 1.45. The molecular weight excluding hydrogens is 289 g/mol. The molecule has 0 N–H and O–H groups in total. The smallest absolute Gasteiger partial charge is 0.260 e. The molecule has 2 aliphatic heterocycles. The predicted molar refractivity (Wildman–Crippen MR) is 76.9 cm³/mol. The average Bonchev–Trinajstić information content (AvgIpc) is 3.08. The standard InChI is InChI=1S/C16H20FNO4/c17-13-3-1-2-4-14(13)22-11-15(19)18-7-5-12(6-8-18)16-20-9-10-21-16/h1-4,12,16H,5-11H2. The predicted octanol–water partition coefficient (Wildman–Crippen LogP) is 1.82. The molecule has 1 amide bonds. The third-order valence-corrected chi connectivity index (χ3v) is 4.11. The number of carbonyl (C=O) groups excluding carboxylic acids is 1. The molecule has 6 heteroatoms. The fourth-order valence-electron chi connectivity index (χ4n) is 2.86. The first-order valence-corrected chi connectivity index (χ1v) is 7.62. The number of halogens is 1. The number of rotatable bonds is 4. The number of carbonyl (C=O) groups is 1. The zero-order valence-electron chi connectivity index (χ0n) is 12.4. The number of piperidine rings is 1. The minimum atomic E-state index is -0.454. The maximum Gasteiger partial charge on any atom is 0.260 e. The lowest BCUT2D eigenvalue weighted by atomic mass is 9.96. The van der Waals surface area contributed by atoms with Crippen molar-refractivity contribution in [2.75, 3.05) is 32.9 Å². The largest absolute Gasteiger partial charge is 0.481 e. The van der Waals surface area contributed by atoms with Crippen LogP contribution in [0.3, 0.4) is 0 Å². The molecule has 0 radical (unpaired) electrons. The van der Waals surface area contributed by atoms with Crippen molar-refractivity contribution in [3.63, 3.8) is 0 Å². The van der Waals surface area contributed by atoms with Crippen LogP contribution in [0.4, 0.5) is 4.39 Å². The molecule has 0 atom stereocenters. The molecule has 1 aromatic carbocycles. The first-order valence-electron chi connectivity index (χ1n) is 7.62. The van der Waals surface area contributed by atoms with Crippen LogP contribution in [0, 0.1) is 11.7 Å². The van der Waals surface area contributed by atoms with Gasteiger partial charge < -0.3 is 19.1 Å². The summed E-state index contributed by atoms with van der Waals surface area (Å²) in [6.45, 7) is 2.49. The van der Waals surface area contributed by atoms with Crippen molar-refractivity contribution in [1.82, 2.24) is 4.90 Å². The van der Waals surface area contributed by atoms with Crippen LogP contribution in [0.5, 0.6) is 5.75 Å². The molecule has 2 saturated heterocycles. The quantitative estimate of drug-likeness (QED) is 0.851. The zero-order chi connectivity index (χ0) is 15.4. The number of hydrogen-bond acceptors (Lipinski definition) is 4. The first-order chi connectivity index (χ1) is 10.7. The van der Waals surface area contributed by atoms with Crippen LogP contribution in [-0.2, 0) is 14.3 Å². The summed E-state index contributed by atoms with van der Waals surface area (Å²) < 4.78 is 29.7. The van der Waals surface area contributed by atoms with E-state index in [-0.39, 0.29) is 24.6 Å². The molecule has 3 rings (SSSR count). The zero-order valence-corrected chi connectivity index (χ0v) is 12.4. The Morgan fingerprint density at radius 3 is 2.59 bits per heavy atom. The van der Waals surface area contributed by atoms with Gasteiger partial charge in [-0.25, -0.2) is 4.39 Å². The number of ether oxygens (including phenoxy) is 3. The van der Waals surface area contributed by atoms with Gasteiger partial charge in [-0.05, 0) is 25.0 Å². The van der Waals surface area contributed by atoms with E-state index in [9.17, 15) is 9.18 Å². The lowest BCUT2D eigenvalue weighted by Crippen LogP contribution is -2.43. The molecule has 0 aliphatic carbocycles. The highest BCUT2D eigenvalue weighted by atomic mass is 19.1. The van der Waals surface area contributed by atoms with Crippen LogP contribution >= 0.6 is 0 Å². The summed E-state index contributed by atoms with van der Waals surface area (Å²) >= 11 is 0. The van der Waals surface area contributed by atoms with Gasteiger partial charge in [0.25, 0.3) is 5.91 Å². The van der Waals surface area contributed by atoms with Crippen LogP contribution in [0.25, 0.3) is 0 Å². The van der Waals surface area contributed by atoms with Crippen molar-refractivity contribution in [3.8, 4) is 5.75 Å². The normalized spacial score (nSPS) is 20.3. The van der Waals surface area contributed by atoms with Gasteiger partial charge in [0.1, 0.15) is 0 Å². The SMILES string of the molecule is O=C(COc1ccccc1F)N1CCC(C2OCCO2)CC1. The van der Waals surface area contributed by atoms with Crippen molar-refractivity contribution in [3.05, 3.63) is 30.1 Å². The highest BCUT2D eigenvalue weighted by Gasteiger charge is 2.31. The monoisotopic (exact) mass is 309 g/mol. The molecule has 5 nitrogen and oxygen atoms in total. The van der Waals surface area contributed by atoms with E-state index in [1.54, 1.807) is 17.0 Å². The summed E-state index contributed by atoms with van der Waals surface area (Å²) in [5, 5.41) is 0. The van der Waals surface area contributed by atoms with E-state index in [1.165, 1.54) is 12.1 Å². The number of likely N-dealkylation sites (tertiary alicyclic amines) is 1. The Labute approximate surface area is 128 Å². The summed E-state index contributed by atoms with van der Waals surface area (Å²) in [7, 11) is 0. The Kier molecular flexibility index (Phi) is 4.90. The van der Waals surface area contributed by atoms with Crippen molar-refractivity contribution in [2.24, 2.45) is 5.92 Å². The summed E-state index contributed by atoms with van der Waals surface area (Å²) in [5.74, 6) is -0.114. The highest BCUT2D eigenvalue weighted by molar-refractivity contribution is 5.77. The second kappa shape index (κ2) is 7.07. The Hall–Kier alpha value is -1.66. The maximum absolute atomic E-state index is 13.4. The van der Waals surface area contributed by atoms with Crippen LogP contribution < -0.4 is 4.74 Å². The van der Waals surface area contributed by atoms with Crippen LogP contribution in [-0.4, -0.2) is 50.0 Å². The summed E-state index contributed by atoms with van der Waals surface area (Å²) in [6.07, 6.45) is 1.60. The average molecular weight is 309 g/mol. The van der Waals surface area contributed by atoms with E-state index in [1.807, 2.05) is 0 Å². The second-order valence-corrected chi connectivity index (χ2v) is 5.55. The Morgan fingerprint density at radius 1 is 1.23 bits per heavy atom. The fourth-order valence-corrected chi connectivity index (χ4v) is 2.86. The number of amides is 1. The van der Waals surface area contributed by atoms with E-state index in [2.05, 4.69) is 0 Å². The van der Waals surface area contributed by atoms with Gasteiger partial charge in [0, 0.05) is 19.0 Å². The van der Waals surface area contributed by atoms with Gasteiger partial charge in [-0.2, -0.15) is 0 Å². The maximum atomic E-state index is 13.4. The number of para-hydroxylation sites is 1. The molecular formula is C16H20FNO4. The molecule has 0 bridgehead atoms. The van der Waals surface area contributed by atoms with Gasteiger partial charge in [0.2, 0.25) is 0 Å². The molecule has 0 spiro atoms. The van der Waals surface area contributed by atoms with E-state index >= 15 is 0 Å². The lowest BCUT2D eigenvalue weighted by Gasteiger charge is -2.33. The summed E-state index contributed by atoms with van der Waals surface area (Å²) in [5.41, 5.74) is 0. The first kappa shape index (κ1) is 15.2. The molecule has 22 heavy (non-hydrogen) atoms. The van der Waals surface area contributed by atoms with Crippen molar-refractivity contribution in [2.45, 2.75) is 19.1 Å². The highest BCUT2D eigenvalue weighted by Crippen LogP contribution is 2.26. The van der Waals surface area contributed by atoms with Gasteiger partial charge in [-0.15, -0.1) is 0 Å². The lowest BCUT2D eigenvalue weighted by molar-refractivity contribution is -0.138. The van der Waals surface area contributed by atoms with E-state index in [0.717, 1.165) is 12.8 Å². The molecule has 2 heterocycles. The molecule has 1 aromatic rings. The van der Waals surface area contributed by atoms with Gasteiger partial charge in [-0.3, -0.25) is 4.79 Å². The number of benzene rings is 1. The summed E-state index contributed by atoms with van der Waals surface area (Å²) in [4.78, 5) is 13.9. The third kappa shape index (κ3) is 3.56. The molecule has 2 aliphatic rings. The van der Waals surface area contributed by atoms with Crippen LogP contribution in [0.2, 0.25) is 0 Å².